The molecule has 0 amide bonds. The Morgan fingerprint density at radius 1 is 0.667 bits per heavy atom. The van der Waals surface area contributed by atoms with Gasteiger partial charge in [0.25, 0.3) is 0 Å². The highest BCUT2D eigenvalue weighted by molar-refractivity contribution is 5.19. The van der Waals surface area contributed by atoms with Crippen LogP contribution in [0.4, 0.5) is 0 Å². The van der Waals surface area contributed by atoms with E-state index in [0.29, 0.717) is 0 Å². The Bertz CT molecular complexity index is 147. The molecule has 12 heavy (non-hydrogen) atoms. The summed E-state index contributed by atoms with van der Waals surface area (Å²) in [5, 5.41) is 14.0. The zero-order chi connectivity index (χ0) is 9.98. The summed E-state index contributed by atoms with van der Waals surface area (Å²) in [4.78, 5) is 0. The molecule has 0 aromatic heterocycles. The largest absolute Gasteiger partial charge is 0.400 e. The quantitative estimate of drug-likeness (QED) is 0.619. The first-order valence-electron chi connectivity index (χ1n) is 3.72. The Hall–Kier alpha value is -0.860. The zero-order valence-electron chi connectivity index (χ0n) is 8.20. The maximum absolute atomic E-state index is 7.00. The van der Waals surface area contributed by atoms with Gasteiger partial charge in [-0.05, 0) is 13.8 Å². The molecule has 0 aliphatic heterocycles. The van der Waals surface area contributed by atoms with Crippen LogP contribution >= 0.6 is 0 Å². The third-order valence-corrected chi connectivity index (χ3v) is 1.22. The van der Waals surface area contributed by atoms with Crippen LogP contribution in [-0.4, -0.2) is 24.4 Å². The molecule has 2 N–H and O–H groups in total. The van der Waals surface area contributed by atoms with Gasteiger partial charge < -0.3 is 10.2 Å². The molecule has 0 aliphatic carbocycles. The molecular formula is C10H18O2. The number of hydrogen-bond acceptors (Lipinski definition) is 2. The summed E-state index contributed by atoms with van der Waals surface area (Å²) >= 11 is 0. The molecule has 70 valence electrons. The normalized spacial score (nSPS) is 7.17. The highest BCUT2D eigenvalue weighted by Gasteiger charge is 1.79. The average Bonchev–Trinajstić information content (AvgIpc) is 2.17. The van der Waals surface area contributed by atoms with E-state index < -0.39 is 0 Å². The van der Waals surface area contributed by atoms with Crippen molar-refractivity contribution in [3.05, 3.63) is 35.4 Å². The Kier molecular flexibility index (Phi) is 11.6. The van der Waals surface area contributed by atoms with E-state index in [9.17, 15) is 0 Å². The van der Waals surface area contributed by atoms with Crippen molar-refractivity contribution >= 4 is 0 Å². The van der Waals surface area contributed by atoms with Crippen LogP contribution in [0.5, 0.6) is 0 Å². The minimum atomic E-state index is 1.00. The van der Waals surface area contributed by atoms with Crippen molar-refractivity contribution in [1.29, 1.82) is 0 Å². The number of rotatable bonds is 0. The van der Waals surface area contributed by atoms with Gasteiger partial charge in [0, 0.05) is 14.2 Å². The number of benzene rings is 1. The van der Waals surface area contributed by atoms with E-state index in [0.717, 1.165) is 14.2 Å². The topological polar surface area (TPSA) is 40.5 Å². The van der Waals surface area contributed by atoms with Gasteiger partial charge in [0.1, 0.15) is 0 Å². The van der Waals surface area contributed by atoms with E-state index in [4.69, 9.17) is 10.2 Å². The van der Waals surface area contributed by atoms with Gasteiger partial charge in [-0.15, -0.1) is 0 Å². The fraction of sp³-hybridized carbons (Fsp3) is 0.400. The number of aliphatic hydroxyl groups is 2. The molecule has 0 bridgehead atoms. The van der Waals surface area contributed by atoms with E-state index in [-0.39, 0.29) is 0 Å². The van der Waals surface area contributed by atoms with Gasteiger partial charge in [0.05, 0.1) is 0 Å². The second kappa shape index (κ2) is 10.1. The Balaban J connectivity index is 0. The van der Waals surface area contributed by atoms with E-state index in [1.807, 2.05) is 0 Å². The van der Waals surface area contributed by atoms with Crippen molar-refractivity contribution in [1.82, 2.24) is 0 Å². The van der Waals surface area contributed by atoms with Gasteiger partial charge in [-0.3, -0.25) is 0 Å². The summed E-state index contributed by atoms with van der Waals surface area (Å²) in [6.07, 6.45) is 0. The van der Waals surface area contributed by atoms with E-state index in [1.165, 1.54) is 11.1 Å². The van der Waals surface area contributed by atoms with Gasteiger partial charge in [-0.1, -0.05) is 35.4 Å². The first-order chi connectivity index (χ1) is 5.79. The molecule has 2 heteroatoms. The molecule has 0 aliphatic rings. The zero-order valence-corrected chi connectivity index (χ0v) is 8.20. The van der Waals surface area contributed by atoms with Crippen LogP contribution < -0.4 is 0 Å². The van der Waals surface area contributed by atoms with Crippen LogP contribution in [0.3, 0.4) is 0 Å². The summed E-state index contributed by atoms with van der Waals surface area (Å²) in [7, 11) is 2.00. The Morgan fingerprint density at radius 3 is 1.00 bits per heavy atom. The lowest BCUT2D eigenvalue weighted by molar-refractivity contribution is 0.399. The minimum Gasteiger partial charge on any atom is -0.400 e. The molecule has 0 atom stereocenters. The Morgan fingerprint density at radius 2 is 0.833 bits per heavy atom. The van der Waals surface area contributed by atoms with E-state index >= 15 is 0 Å². The molecule has 1 rings (SSSR count). The van der Waals surface area contributed by atoms with Crippen LogP contribution in [0.2, 0.25) is 0 Å². The second-order valence-electron chi connectivity index (χ2n) is 2.15. The summed E-state index contributed by atoms with van der Waals surface area (Å²) in [5.74, 6) is 0. The van der Waals surface area contributed by atoms with Crippen molar-refractivity contribution in [2.24, 2.45) is 0 Å². The maximum atomic E-state index is 7.00. The monoisotopic (exact) mass is 170 g/mol. The Labute approximate surface area is 74.5 Å². The molecule has 1 aromatic rings. The SMILES string of the molecule is CO.CO.Cc1ccc(C)cc1. The summed E-state index contributed by atoms with van der Waals surface area (Å²) in [6.45, 7) is 4.19. The van der Waals surface area contributed by atoms with Crippen molar-refractivity contribution in [2.45, 2.75) is 13.8 Å². The van der Waals surface area contributed by atoms with Crippen LogP contribution in [-0.2, 0) is 0 Å². The van der Waals surface area contributed by atoms with Gasteiger partial charge in [0.2, 0.25) is 0 Å². The summed E-state index contributed by atoms with van der Waals surface area (Å²) in [5.41, 5.74) is 2.66. The molecule has 0 radical (unpaired) electrons. The average molecular weight is 170 g/mol. The van der Waals surface area contributed by atoms with Crippen LogP contribution in [0.25, 0.3) is 0 Å². The first-order valence-corrected chi connectivity index (χ1v) is 3.72. The van der Waals surface area contributed by atoms with Crippen LogP contribution in [0, 0.1) is 13.8 Å². The predicted octanol–water partition coefficient (Wildman–Crippen LogP) is 1.52. The third-order valence-electron chi connectivity index (χ3n) is 1.22. The molecule has 0 spiro atoms. The molecule has 0 unspecified atom stereocenters. The molecule has 0 fully saturated rings. The van der Waals surface area contributed by atoms with Crippen molar-refractivity contribution in [3.8, 4) is 0 Å². The van der Waals surface area contributed by atoms with Gasteiger partial charge in [-0.25, -0.2) is 0 Å². The molecule has 1 aromatic carbocycles. The number of hydrogen-bond donors (Lipinski definition) is 2. The van der Waals surface area contributed by atoms with E-state index in [2.05, 4.69) is 38.1 Å². The first kappa shape index (κ1) is 13.7. The smallest absolute Gasteiger partial charge is 0.0319 e. The van der Waals surface area contributed by atoms with Gasteiger partial charge in [-0.2, -0.15) is 0 Å². The lowest BCUT2D eigenvalue weighted by Gasteiger charge is -1.90. The summed E-state index contributed by atoms with van der Waals surface area (Å²) in [6, 6.07) is 8.48. The van der Waals surface area contributed by atoms with E-state index in [1.54, 1.807) is 0 Å². The lowest BCUT2D eigenvalue weighted by atomic mass is 10.2. The van der Waals surface area contributed by atoms with Crippen molar-refractivity contribution in [2.75, 3.05) is 14.2 Å². The van der Waals surface area contributed by atoms with Crippen LogP contribution in [0.15, 0.2) is 24.3 Å². The van der Waals surface area contributed by atoms with Gasteiger partial charge in [0.15, 0.2) is 0 Å². The summed E-state index contributed by atoms with van der Waals surface area (Å²) < 4.78 is 0. The molecule has 0 heterocycles. The molecule has 2 nitrogen and oxygen atoms in total. The van der Waals surface area contributed by atoms with Crippen molar-refractivity contribution < 1.29 is 10.2 Å². The second-order valence-corrected chi connectivity index (χ2v) is 2.15. The minimum absolute atomic E-state index is 1.00. The number of aryl methyl sites for hydroxylation is 2. The lowest BCUT2D eigenvalue weighted by Crippen LogP contribution is -1.70. The maximum Gasteiger partial charge on any atom is 0.0319 e. The molecule has 0 saturated heterocycles. The third kappa shape index (κ3) is 7.25. The van der Waals surface area contributed by atoms with Crippen LogP contribution in [0.1, 0.15) is 11.1 Å². The highest BCUT2D eigenvalue weighted by Crippen LogP contribution is 1.99. The molecular weight excluding hydrogens is 152 g/mol. The number of aliphatic hydroxyl groups excluding tert-OH is 2. The van der Waals surface area contributed by atoms with Gasteiger partial charge >= 0.3 is 0 Å². The fourth-order valence-corrected chi connectivity index (χ4v) is 0.637. The predicted molar refractivity (Wildman–Crippen MR) is 52.2 cm³/mol. The van der Waals surface area contributed by atoms with Crippen molar-refractivity contribution in [3.63, 3.8) is 0 Å². The fourth-order valence-electron chi connectivity index (χ4n) is 0.637. The standard InChI is InChI=1S/C8H10.2CH4O/c1-7-3-5-8(2)6-4-7;2*1-2/h3-6H,1-2H3;2*2H,1H3. The highest BCUT2D eigenvalue weighted by atomic mass is 16.2. The molecule has 0 saturated carbocycles.